The number of nitrogens with one attached hydrogen (secondary N) is 1. The van der Waals surface area contributed by atoms with Crippen LogP contribution in [0, 0.1) is 0 Å². The number of hydrogen-bond acceptors (Lipinski definition) is 6. The molecule has 1 saturated carbocycles. The van der Waals surface area contributed by atoms with Crippen molar-refractivity contribution in [3.8, 4) is 11.4 Å². The Bertz CT molecular complexity index is 1190. The molecule has 0 radical (unpaired) electrons. The van der Waals surface area contributed by atoms with Gasteiger partial charge >= 0.3 is 5.69 Å². The molecular formula is C19H16N6O2S. The average Bonchev–Trinajstić information content (AvgIpc) is 3.37. The number of aromatic nitrogens is 5. The summed E-state index contributed by atoms with van der Waals surface area (Å²) in [6.07, 6.45) is 5.23. The Hall–Kier alpha value is -3.33. The van der Waals surface area contributed by atoms with Crippen LogP contribution in [0.3, 0.4) is 0 Å². The van der Waals surface area contributed by atoms with Gasteiger partial charge in [-0.15, -0.1) is 5.10 Å². The molecule has 0 unspecified atom stereocenters. The number of nitrogens with zero attached hydrogens (tertiary/aromatic N) is 5. The van der Waals surface area contributed by atoms with E-state index in [1.165, 1.54) is 16.0 Å². The second-order valence-electron chi connectivity index (χ2n) is 6.64. The van der Waals surface area contributed by atoms with Gasteiger partial charge in [0.2, 0.25) is 5.91 Å². The molecule has 1 fully saturated rings. The molecule has 4 aromatic rings. The highest BCUT2D eigenvalue weighted by Gasteiger charge is 2.30. The van der Waals surface area contributed by atoms with Gasteiger partial charge in [0.15, 0.2) is 11.0 Å². The molecule has 1 aliphatic carbocycles. The first kappa shape index (κ1) is 16.8. The third-order valence-electron chi connectivity index (χ3n) is 4.54. The largest absolute Gasteiger partial charge is 0.346 e. The van der Waals surface area contributed by atoms with E-state index in [-0.39, 0.29) is 24.2 Å². The van der Waals surface area contributed by atoms with E-state index in [1.54, 1.807) is 23.0 Å². The van der Waals surface area contributed by atoms with Gasteiger partial charge < -0.3 is 5.32 Å². The normalized spacial score (nSPS) is 13.7. The summed E-state index contributed by atoms with van der Waals surface area (Å²) in [6.45, 7) is -0.165. The Kier molecular flexibility index (Phi) is 4.01. The number of benzene rings is 1. The highest BCUT2D eigenvalue weighted by molar-refractivity contribution is 7.22. The fourth-order valence-electron chi connectivity index (χ4n) is 3.10. The van der Waals surface area contributed by atoms with Crippen LogP contribution in [0.15, 0.2) is 53.6 Å². The van der Waals surface area contributed by atoms with Crippen molar-refractivity contribution in [3.05, 3.63) is 59.3 Å². The zero-order valence-corrected chi connectivity index (χ0v) is 15.6. The third-order valence-corrected chi connectivity index (χ3v) is 5.49. The molecule has 0 atom stereocenters. The molecule has 3 heterocycles. The summed E-state index contributed by atoms with van der Waals surface area (Å²) in [6, 6.07) is 11.5. The lowest BCUT2D eigenvalue weighted by atomic mass is 10.3. The maximum Gasteiger partial charge on any atom is 0.346 e. The minimum Gasteiger partial charge on any atom is -0.300 e. The molecule has 1 aliphatic rings. The summed E-state index contributed by atoms with van der Waals surface area (Å²) in [5.74, 6) is 0.215. The highest BCUT2D eigenvalue weighted by atomic mass is 32.1. The minimum absolute atomic E-state index is 0.142. The van der Waals surface area contributed by atoms with E-state index >= 15 is 0 Å². The van der Waals surface area contributed by atoms with Gasteiger partial charge in [0.1, 0.15) is 6.54 Å². The predicted molar refractivity (Wildman–Crippen MR) is 106 cm³/mol. The zero-order valence-electron chi connectivity index (χ0n) is 14.8. The first-order valence-corrected chi connectivity index (χ1v) is 9.76. The standard InChI is InChI=1S/C19H16N6O2S/c26-16(22-18-21-14-5-1-2-6-15(14)28-18)11-24-19(27)25(13-7-8-13)17(23-24)12-4-3-9-20-10-12/h1-6,9-10,13H,7-8,11H2,(H,21,22,26). The molecule has 0 bridgehead atoms. The molecule has 8 nitrogen and oxygen atoms in total. The molecule has 0 saturated heterocycles. The van der Waals surface area contributed by atoms with Crippen molar-refractivity contribution in [3.63, 3.8) is 0 Å². The molecule has 0 spiro atoms. The predicted octanol–water partition coefficient (Wildman–Crippen LogP) is 2.69. The molecule has 1 amide bonds. The van der Waals surface area contributed by atoms with Crippen molar-refractivity contribution < 1.29 is 4.79 Å². The van der Waals surface area contributed by atoms with Crippen LogP contribution in [0.25, 0.3) is 21.6 Å². The number of carbonyl (C=O) groups excluding carboxylic acids is 1. The topological polar surface area (TPSA) is 94.7 Å². The molecule has 28 heavy (non-hydrogen) atoms. The van der Waals surface area contributed by atoms with Crippen molar-refractivity contribution in [1.82, 2.24) is 24.3 Å². The van der Waals surface area contributed by atoms with E-state index in [1.807, 2.05) is 30.3 Å². The number of anilines is 1. The van der Waals surface area contributed by atoms with Crippen molar-refractivity contribution >= 4 is 32.6 Å². The molecule has 3 aromatic heterocycles. The van der Waals surface area contributed by atoms with Crippen LogP contribution in [-0.2, 0) is 11.3 Å². The van der Waals surface area contributed by atoms with Gasteiger partial charge in [-0.2, -0.15) is 0 Å². The molecule has 1 N–H and O–H groups in total. The fraction of sp³-hybridized carbons (Fsp3) is 0.211. The van der Waals surface area contributed by atoms with Crippen LogP contribution in [0.1, 0.15) is 18.9 Å². The lowest BCUT2D eigenvalue weighted by Crippen LogP contribution is -2.29. The summed E-state index contributed by atoms with van der Waals surface area (Å²) in [5.41, 5.74) is 1.31. The van der Waals surface area contributed by atoms with E-state index < -0.39 is 0 Å². The van der Waals surface area contributed by atoms with Gasteiger partial charge in [0.25, 0.3) is 0 Å². The summed E-state index contributed by atoms with van der Waals surface area (Å²) >= 11 is 1.40. The Morgan fingerprint density at radius 2 is 2.07 bits per heavy atom. The Morgan fingerprint density at radius 3 is 2.82 bits per heavy atom. The lowest BCUT2D eigenvalue weighted by molar-refractivity contribution is -0.117. The summed E-state index contributed by atoms with van der Waals surface area (Å²) in [5, 5.41) is 7.69. The van der Waals surface area contributed by atoms with Crippen molar-refractivity contribution in [2.75, 3.05) is 5.32 Å². The first-order chi connectivity index (χ1) is 13.7. The quantitative estimate of drug-likeness (QED) is 0.563. The maximum absolute atomic E-state index is 12.8. The van der Waals surface area contributed by atoms with E-state index in [2.05, 4.69) is 20.4 Å². The third kappa shape index (κ3) is 3.09. The van der Waals surface area contributed by atoms with E-state index in [0.717, 1.165) is 28.6 Å². The van der Waals surface area contributed by atoms with Crippen molar-refractivity contribution in [2.24, 2.45) is 0 Å². The summed E-state index contributed by atoms with van der Waals surface area (Å²) in [7, 11) is 0. The Morgan fingerprint density at radius 1 is 1.21 bits per heavy atom. The van der Waals surface area contributed by atoms with Gasteiger partial charge in [-0.05, 0) is 37.1 Å². The average molecular weight is 392 g/mol. The second kappa shape index (κ2) is 6.68. The smallest absolute Gasteiger partial charge is 0.300 e. The first-order valence-electron chi connectivity index (χ1n) is 8.94. The van der Waals surface area contributed by atoms with Crippen LogP contribution < -0.4 is 11.0 Å². The lowest BCUT2D eigenvalue weighted by Gasteiger charge is -2.02. The highest BCUT2D eigenvalue weighted by Crippen LogP contribution is 2.36. The van der Waals surface area contributed by atoms with Crippen LogP contribution in [-0.4, -0.2) is 30.2 Å². The molecule has 0 aliphatic heterocycles. The molecule has 1 aromatic carbocycles. The summed E-state index contributed by atoms with van der Waals surface area (Å²) < 4.78 is 3.87. The summed E-state index contributed by atoms with van der Waals surface area (Å²) in [4.78, 5) is 33.8. The fourth-order valence-corrected chi connectivity index (χ4v) is 3.98. The van der Waals surface area contributed by atoms with Gasteiger partial charge in [0, 0.05) is 24.0 Å². The minimum atomic E-state index is -0.334. The number of fused-ring (bicyclic) bond motifs is 1. The van der Waals surface area contributed by atoms with Crippen LogP contribution in [0.5, 0.6) is 0 Å². The van der Waals surface area contributed by atoms with Gasteiger partial charge in [-0.25, -0.2) is 14.5 Å². The second-order valence-corrected chi connectivity index (χ2v) is 7.67. The molecule has 9 heteroatoms. The van der Waals surface area contributed by atoms with Crippen LogP contribution >= 0.6 is 11.3 Å². The van der Waals surface area contributed by atoms with Gasteiger partial charge in [-0.3, -0.25) is 14.3 Å². The number of amides is 1. The van der Waals surface area contributed by atoms with E-state index in [0.29, 0.717) is 11.0 Å². The number of rotatable bonds is 5. The molecular weight excluding hydrogens is 376 g/mol. The Labute approximate surface area is 163 Å². The number of thiazole rings is 1. The van der Waals surface area contributed by atoms with E-state index in [4.69, 9.17) is 0 Å². The maximum atomic E-state index is 12.8. The van der Waals surface area contributed by atoms with Crippen molar-refractivity contribution in [1.29, 1.82) is 0 Å². The van der Waals surface area contributed by atoms with Gasteiger partial charge in [0.05, 0.1) is 10.2 Å². The molecule has 5 rings (SSSR count). The van der Waals surface area contributed by atoms with Crippen LogP contribution in [0.2, 0.25) is 0 Å². The van der Waals surface area contributed by atoms with Crippen molar-refractivity contribution in [2.45, 2.75) is 25.4 Å². The number of para-hydroxylation sites is 1. The van der Waals surface area contributed by atoms with E-state index in [9.17, 15) is 9.59 Å². The number of pyridine rings is 1. The van der Waals surface area contributed by atoms with Gasteiger partial charge in [-0.1, -0.05) is 23.5 Å². The SMILES string of the molecule is O=C(Cn1nc(-c2cccnc2)n(C2CC2)c1=O)Nc1nc2ccccc2s1. The van der Waals surface area contributed by atoms with Crippen LogP contribution in [0.4, 0.5) is 5.13 Å². The number of carbonyl (C=O) groups is 1. The number of hydrogen-bond donors (Lipinski definition) is 1. The monoisotopic (exact) mass is 392 g/mol. The Balaban J connectivity index is 1.41. The zero-order chi connectivity index (χ0) is 19.1. The molecule has 140 valence electrons.